The van der Waals surface area contributed by atoms with Crippen LogP contribution in [0.2, 0.25) is 0 Å². The van der Waals surface area contributed by atoms with Gasteiger partial charge in [-0.1, -0.05) is 28.2 Å². The Labute approximate surface area is 82.5 Å². The molecule has 1 aliphatic heterocycles. The molecule has 0 atom stereocenters. The van der Waals surface area contributed by atoms with Gasteiger partial charge in [-0.25, -0.2) is 0 Å². The Balaban J connectivity index is 2.30. The molecule has 1 heterocycles. The van der Waals surface area contributed by atoms with Crippen LogP contribution in [-0.4, -0.2) is 19.3 Å². The lowest BCUT2D eigenvalue weighted by atomic mass is 10.0. The molecule has 1 aliphatic rings. The zero-order chi connectivity index (χ0) is 10.2. The first-order chi connectivity index (χ1) is 6.57. The normalized spacial score (nSPS) is 17.8. The summed E-state index contributed by atoms with van der Waals surface area (Å²) in [4.78, 5) is 0. The van der Waals surface area contributed by atoms with Crippen molar-refractivity contribution in [1.29, 1.82) is 0 Å². The van der Waals surface area contributed by atoms with E-state index in [2.05, 4.69) is 0 Å². The number of hydrogen-bond acceptors (Lipinski definition) is 2. The van der Waals surface area contributed by atoms with Gasteiger partial charge < -0.3 is 0 Å². The molecule has 0 spiro atoms. The Kier molecular flexibility index (Phi) is 2.28. The lowest BCUT2D eigenvalue weighted by Gasteiger charge is -2.24. The van der Waals surface area contributed by atoms with Gasteiger partial charge in [-0.3, -0.25) is 0 Å². The molecule has 0 saturated heterocycles. The molecule has 0 saturated carbocycles. The molecule has 0 aliphatic carbocycles. The number of benzene rings is 1. The summed E-state index contributed by atoms with van der Waals surface area (Å²) in [5.41, 5.74) is 1.99. The van der Waals surface area contributed by atoms with E-state index in [0.717, 1.165) is 15.4 Å². The van der Waals surface area contributed by atoms with Crippen LogP contribution < -0.4 is 0 Å². The van der Waals surface area contributed by atoms with Gasteiger partial charge in [0, 0.05) is 13.1 Å². The van der Waals surface area contributed by atoms with Crippen molar-refractivity contribution in [2.45, 2.75) is 13.0 Å². The molecule has 1 aromatic rings. The second-order valence-corrected chi connectivity index (χ2v) is 4.63. The number of fused-ring (bicyclic) bond motifs is 1. The summed E-state index contributed by atoms with van der Waals surface area (Å²) in [7, 11) is -4.54. The van der Waals surface area contributed by atoms with Gasteiger partial charge in [0.05, 0.1) is 0 Å². The molecule has 3 nitrogen and oxygen atoms in total. The zero-order valence-electron chi connectivity index (χ0n) is 7.48. The molecule has 0 aromatic heterocycles. The molecule has 0 unspecified atom stereocenters. The van der Waals surface area contributed by atoms with Crippen LogP contribution in [-0.2, 0) is 23.4 Å². The molecular weight excluding hydrogens is 205 g/mol. The maximum atomic E-state index is 12.7. The highest BCUT2D eigenvalue weighted by Crippen LogP contribution is 2.20. The van der Waals surface area contributed by atoms with Gasteiger partial charge in [0.1, 0.15) is 0 Å². The highest BCUT2D eigenvalue weighted by molar-refractivity contribution is 7.83. The van der Waals surface area contributed by atoms with Gasteiger partial charge in [-0.05, 0) is 17.5 Å². The zero-order valence-corrected chi connectivity index (χ0v) is 8.30. The lowest BCUT2D eigenvalue weighted by molar-refractivity contribution is 0.366. The predicted octanol–water partition coefficient (Wildman–Crippen LogP) is 1.26. The summed E-state index contributed by atoms with van der Waals surface area (Å²) in [5, 5.41) is 0. The summed E-state index contributed by atoms with van der Waals surface area (Å²) in [6.45, 7) is 0.380. The van der Waals surface area contributed by atoms with E-state index in [-0.39, 0.29) is 13.1 Å². The number of hydrogen-bond donors (Lipinski definition) is 0. The number of halogens is 1. The van der Waals surface area contributed by atoms with Crippen LogP contribution in [0.25, 0.3) is 0 Å². The van der Waals surface area contributed by atoms with Crippen molar-refractivity contribution in [3.05, 3.63) is 35.4 Å². The van der Waals surface area contributed by atoms with Crippen molar-refractivity contribution in [3.8, 4) is 0 Å². The Morgan fingerprint density at radius 1 is 1.21 bits per heavy atom. The Morgan fingerprint density at radius 3 is 2.50 bits per heavy atom. The van der Waals surface area contributed by atoms with E-state index in [1.807, 2.05) is 24.3 Å². The largest absolute Gasteiger partial charge is 0.375 e. The highest BCUT2D eigenvalue weighted by Gasteiger charge is 2.25. The van der Waals surface area contributed by atoms with Crippen molar-refractivity contribution in [2.24, 2.45) is 0 Å². The minimum Gasteiger partial charge on any atom is -0.177 e. The minimum absolute atomic E-state index is 0.148. The second-order valence-electron chi connectivity index (χ2n) is 3.29. The summed E-state index contributed by atoms with van der Waals surface area (Å²) < 4.78 is 34.8. The van der Waals surface area contributed by atoms with Gasteiger partial charge in [-0.15, -0.1) is 0 Å². The number of nitrogens with zero attached hydrogens (tertiary/aromatic N) is 1. The molecule has 14 heavy (non-hydrogen) atoms. The third-order valence-corrected chi connectivity index (χ3v) is 3.33. The van der Waals surface area contributed by atoms with Crippen LogP contribution in [0.5, 0.6) is 0 Å². The number of rotatable bonds is 1. The Bertz CT molecular complexity index is 444. The van der Waals surface area contributed by atoms with Crippen molar-refractivity contribution >= 4 is 10.4 Å². The van der Waals surface area contributed by atoms with E-state index >= 15 is 0 Å². The van der Waals surface area contributed by atoms with Crippen molar-refractivity contribution in [3.63, 3.8) is 0 Å². The molecular formula is C9H10FNO2S. The summed E-state index contributed by atoms with van der Waals surface area (Å²) in [5.74, 6) is 0. The third-order valence-electron chi connectivity index (χ3n) is 2.40. The van der Waals surface area contributed by atoms with Crippen LogP contribution in [0, 0.1) is 0 Å². The van der Waals surface area contributed by atoms with Crippen LogP contribution in [0.15, 0.2) is 24.3 Å². The SMILES string of the molecule is O=S(=O)(F)N1CCc2ccccc2C1. The minimum atomic E-state index is -4.54. The molecule has 0 fully saturated rings. The first-order valence-corrected chi connectivity index (χ1v) is 5.68. The fourth-order valence-corrected chi connectivity index (χ4v) is 2.26. The fourth-order valence-electron chi connectivity index (χ4n) is 1.66. The predicted molar refractivity (Wildman–Crippen MR) is 50.6 cm³/mol. The molecule has 0 N–H and O–H groups in total. The van der Waals surface area contributed by atoms with Crippen LogP contribution in [0.3, 0.4) is 0 Å². The quantitative estimate of drug-likeness (QED) is 0.661. The van der Waals surface area contributed by atoms with Crippen molar-refractivity contribution < 1.29 is 12.3 Å². The standard InChI is InChI=1S/C9H10FNO2S/c10-14(12,13)11-6-5-8-3-1-2-4-9(8)7-11/h1-4H,5-7H2. The fraction of sp³-hybridized carbons (Fsp3) is 0.333. The average Bonchev–Trinajstić information content (AvgIpc) is 2.16. The highest BCUT2D eigenvalue weighted by atomic mass is 32.3. The summed E-state index contributed by atoms with van der Waals surface area (Å²) in [6.07, 6.45) is 0.583. The average molecular weight is 215 g/mol. The smallest absolute Gasteiger partial charge is 0.177 e. The summed E-state index contributed by atoms with van der Waals surface area (Å²) in [6, 6.07) is 7.50. The van der Waals surface area contributed by atoms with Crippen molar-refractivity contribution in [1.82, 2.24) is 4.31 Å². The molecule has 0 bridgehead atoms. The van der Waals surface area contributed by atoms with E-state index in [1.54, 1.807) is 0 Å². The summed E-state index contributed by atoms with van der Waals surface area (Å²) >= 11 is 0. The van der Waals surface area contributed by atoms with E-state index in [1.165, 1.54) is 0 Å². The molecule has 1 aromatic carbocycles. The van der Waals surface area contributed by atoms with E-state index < -0.39 is 10.4 Å². The topological polar surface area (TPSA) is 37.4 Å². The van der Waals surface area contributed by atoms with Gasteiger partial charge in [0.15, 0.2) is 0 Å². The van der Waals surface area contributed by atoms with Gasteiger partial charge in [0.2, 0.25) is 0 Å². The van der Waals surface area contributed by atoms with E-state index in [4.69, 9.17) is 0 Å². The Hall–Kier alpha value is -0.940. The lowest BCUT2D eigenvalue weighted by Crippen LogP contribution is -2.33. The molecule has 5 heteroatoms. The first-order valence-electron chi connectivity index (χ1n) is 4.34. The van der Waals surface area contributed by atoms with Crippen molar-refractivity contribution in [2.75, 3.05) is 6.54 Å². The third kappa shape index (κ3) is 1.78. The van der Waals surface area contributed by atoms with Gasteiger partial charge in [0.25, 0.3) is 0 Å². The first kappa shape index (κ1) is 9.61. The second kappa shape index (κ2) is 3.33. The maximum absolute atomic E-state index is 12.7. The molecule has 76 valence electrons. The molecule has 0 radical (unpaired) electrons. The van der Waals surface area contributed by atoms with Gasteiger partial charge in [-0.2, -0.15) is 12.7 Å². The van der Waals surface area contributed by atoms with E-state index in [0.29, 0.717) is 6.42 Å². The molecule has 2 rings (SSSR count). The monoisotopic (exact) mass is 215 g/mol. The molecule has 0 amide bonds. The maximum Gasteiger partial charge on any atom is 0.375 e. The Morgan fingerprint density at radius 2 is 1.86 bits per heavy atom. The van der Waals surface area contributed by atoms with Crippen LogP contribution >= 0.6 is 0 Å². The van der Waals surface area contributed by atoms with E-state index in [9.17, 15) is 12.3 Å². The van der Waals surface area contributed by atoms with Crippen LogP contribution in [0.4, 0.5) is 3.89 Å². The van der Waals surface area contributed by atoms with Gasteiger partial charge >= 0.3 is 10.4 Å². The van der Waals surface area contributed by atoms with Crippen LogP contribution in [0.1, 0.15) is 11.1 Å².